The SMILES string of the molecule is C/C=C/CCC1CCC2CC(C3CCC(c4ccc(C)cc4F)CC3)CCC2C1. The van der Waals surface area contributed by atoms with Gasteiger partial charge in [-0.2, -0.15) is 0 Å². The fourth-order valence-corrected chi connectivity index (χ4v) is 7.08. The van der Waals surface area contributed by atoms with Gasteiger partial charge in [0.15, 0.2) is 0 Å². The molecule has 0 amide bonds. The Morgan fingerprint density at radius 2 is 1.52 bits per heavy atom. The van der Waals surface area contributed by atoms with Gasteiger partial charge >= 0.3 is 0 Å². The minimum absolute atomic E-state index is 0.0279. The Hall–Kier alpha value is -1.11. The number of halogens is 1. The Labute approximate surface area is 178 Å². The summed E-state index contributed by atoms with van der Waals surface area (Å²) in [5, 5.41) is 0. The number of hydrogen-bond acceptors (Lipinski definition) is 0. The molecule has 0 aliphatic heterocycles. The van der Waals surface area contributed by atoms with Crippen LogP contribution in [0.2, 0.25) is 0 Å². The third-order valence-electron chi connectivity index (χ3n) is 8.77. The lowest BCUT2D eigenvalue weighted by molar-refractivity contribution is 0.0620. The Balaban J connectivity index is 1.26. The largest absolute Gasteiger partial charge is 0.207 e. The van der Waals surface area contributed by atoms with Gasteiger partial charge in [-0.3, -0.25) is 0 Å². The summed E-state index contributed by atoms with van der Waals surface area (Å²) in [5.74, 6) is 5.38. The van der Waals surface area contributed by atoms with Crippen LogP contribution in [0.3, 0.4) is 0 Å². The van der Waals surface area contributed by atoms with E-state index in [4.69, 9.17) is 0 Å². The predicted octanol–water partition coefficient (Wildman–Crippen LogP) is 8.60. The van der Waals surface area contributed by atoms with E-state index in [2.05, 4.69) is 31.2 Å². The third kappa shape index (κ3) is 5.15. The maximum atomic E-state index is 14.4. The van der Waals surface area contributed by atoms with Gasteiger partial charge in [-0.05, 0) is 137 Å². The molecular formula is C28H41F. The van der Waals surface area contributed by atoms with Crippen molar-refractivity contribution < 1.29 is 4.39 Å². The molecule has 4 rings (SSSR count). The Bertz CT molecular complexity index is 682. The van der Waals surface area contributed by atoms with Crippen molar-refractivity contribution in [3.05, 3.63) is 47.3 Å². The summed E-state index contributed by atoms with van der Waals surface area (Å²) in [7, 11) is 0. The summed E-state index contributed by atoms with van der Waals surface area (Å²) in [6.45, 7) is 4.12. The molecule has 4 unspecified atom stereocenters. The second-order valence-electron chi connectivity index (χ2n) is 10.6. The first-order valence-electron chi connectivity index (χ1n) is 12.5. The highest BCUT2D eigenvalue weighted by Crippen LogP contribution is 2.50. The lowest BCUT2D eigenvalue weighted by atomic mass is 9.60. The van der Waals surface area contributed by atoms with Gasteiger partial charge in [-0.25, -0.2) is 4.39 Å². The predicted molar refractivity (Wildman–Crippen MR) is 122 cm³/mol. The van der Waals surface area contributed by atoms with Crippen molar-refractivity contribution in [1.29, 1.82) is 0 Å². The molecule has 3 fully saturated rings. The molecule has 0 radical (unpaired) electrons. The fraction of sp³-hybridized carbons (Fsp3) is 0.714. The summed E-state index contributed by atoms with van der Waals surface area (Å²) >= 11 is 0. The van der Waals surface area contributed by atoms with Gasteiger partial charge < -0.3 is 0 Å². The third-order valence-corrected chi connectivity index (χ3v) is 8.77. The molecule has 0 N–H and O–H groups in total. The van der Waals surface area contributed by atoms with E-state index in [1.54, 1.807) is 6.07 Å². The smallest absolute Gasteiger partial charge is 0.126 e. The monoisotopic (exact) mass is 396 g/mol. The van der Waals surface area contributed by atoms with Crippen LogP contribution in [-0.4, -0.2) is 0 Å². The maximum absolute atomic E-state index is 14.4. The van der Waals surface area contributed by atoms with Crippen LogP contribution in [0.1, 0.15) is 101 Å². The van der Waals surface area contributed by atoms with E-state index in [-0.39, 0.29) is 5.82 Å². The van der Waals surface area contributed by atoms with Gasteiger partial charge in [0.25, 0.3) is 0 Å². The summed E-state index contributed by atoms with van der Waals surface area (Å²) in [5.41, 5.74) is 2.02. The van der Waals surface area contributed by atoms with Crippen LogP contribution in [-0.2, 0) is 0 Å². The quantitative estimate of drug-likeness (QED) is 0.437. The molecule has 29 heavy (non-hydrogen) atoms. The summed E-state index contributed by atoms with van der Waals surface area (Å²) in [6, 6.07) is 5.86. The van der Waals surface area contributed by atoms with Gasteiger partial charge in [-0.1, -0.05) is 30.7 Å². The molecule has 0 heterocycles. The van der Waals surface area contributed by atoms with Gasteiger partial charge in [0.2, 0.25) is 0 Å². The van der Waals surface area contributed by atoms with Crippen LogP contribution in [0.5, 0.6) is 0 Å². The summed E-state index contributed by atoms with van der Waals surface area (Å²) in [4.78, 5) is 0. The number of benzene rings is 1. The molecule has 3 aliphatic carbocycles. The Kier molecular flexibility index (Phi) is 7.14. The molecule has 0 nitrogen and oxygen atoms in total. The van der Waals surface area contributed by atoms with Gasteiger partial charge in [0.05, 0.1) is 0 Å². The van der Waals surface area contributed by atoms with Crippen molar-refractivity contribution in [2.75, 3.05) is 0 Å². The molecular weight excluding hydrogens is 355 g/mol. The summed E-state index contributed by atoms with van der Waals surface area (Å²) < 4.78 is 14.4. The van der Waals surface area contributed by atoms with E-state index in [0.717, 1.165) is 40.7 Å². The molecule has 4 atom stereocenters. The van der Waals surface area contributed by atoms with Crippen molar-refractivity contribution in [2.24, 2.45) is 29.6 Å². The van der Waals surface area contributed by atoms with E-state index < -0.39 is 0 Å². The number of aryl methyl sites for hydroxylation is 1. The fourth-order valence-electron chi connectivity index (χ4n) is 7.08. The lowest BCUT2D eigenvalue weighted by Crippen LogP contribution is -2.34. The van der Waals surface area contributed by atoms with Crippen molar-refractivity contribution in [3.63, 3.8) is 0 Å². The number of hydrogen-bond donors (Lipinski definition) is 0. The first-order chi connectivity index (χ1) is 14.1. The zero-order valence-electron chi connectivity index (χ0n) is 18.7. The topological polar surface area (TPSA) is 0 Å². The van der Waals surface area contributed by atoms with Crippen molar-refractivity contribution in [2.45, 2.75) is 96.8 Å². The Morgan fingerprint density at radius 3 is 2.24 bits per heavy atom. The van der Waals surface area contributed by atoms with E-state index in [1.807, 2.05) is 6.92 Å². The molecule has 0 spiro atoms. The van der Waals surface area contributed by atoms with Crippen LogP contribution < -0.4 is 0 Å². The standard InChI is InChI=1S/C28H41F/c1-3-4-5-6-21-8-9-26-19-25(15-14-24(26)18-21)22-10-12-23(13-11-22)27-16-7-20(2)17-28(27)29/h3-4,7,16-17,21-26H,5-6,8-15,18-19H2,1-2H3/b4-3+. The second-order valence-corrected chi connectivity index (χ2v) is 10.6. The van der Waals surface area contributed by atoms with Crippen LogP contribution in [0.4, 0.5) is 4.39 Å². The highest BCUT2D eigenvalue weighted by atomic mass is 19.1. The summed E-state index contributed by atoms with van der Waals surface area (Å²) in [6.07, 6.45) is 21.2. The Morgan fingerprint density at radius 1 is 0.862 bits per heavy atom. The molecule has 3 aliphatic rings. The minimum Gasteiger partial charge on any atom is -0.207 e. The highest BCUT2D eigenvalue weighted by Gasteiger charge is 2.38. The molecule has 0 saturated heterocycles. The van der Waals surface area contributed by atoms with Crippen LogP contribution >= 0.6 is 0 Å². The van der Waals surface area contributed by atoms with E-state index in [1.165, 1.54) is 77.0 Å². The van der Waals surface area contributed by atoms with Crippen LogP contribution in [0.15, 0.2) is 30.4 Å². The van der Waals surface area contributed by atoms with Crippen molar-refractivity contribution >= 4 is 0 Å². The van der Waals surface area contributed by atoms with Gasteiger partial charge in [0, 0.05) is 0 Å². The van der Waals surface area contributed by atoms with Crippen LogP contribution in [0, 0.1) is 42.3 Å². The number of fused-ring (bicyclic) bond motifs is 1. The molecule has 1 heteroatoms. The van der Waals surface area contributed by atoms with E-state index in [9.17, 15) is 4.39 Å². The van der Waals surface area contributed by atoms with Crippen molar-refractivity contribution in [1.82, 2.24) is 0 Å². The highest BCUT2D eigenvalue weighted by molar-refractivity contribution is 5.26. The molecule has 160 valence electrons. The lowest BCUT2D eigenvalue weighted by Gasteiger charge is -2.45. The molecule has 1 aromatic rings. The minimum atomic E-state index is 0.0279. The van der Waals surface area contributed by atoms with Gasteiger partial charge in [0.1, 0.15) is 5.82 Å². The molecule has 3 saturated carbocycles. The van der Waals surface area contributed by atoms with E-state index >= 15 is 0 Å². The number of rotatable bonds is 5. The average Bonchev–Trinajstić information content (AvgIpc) is 2.74. The molecule has 1 aromatic carbocycles. The number of allylic oxidation sites excluding steroid dienone is 2. The molecule has 0 aromatic heterocycles. The molecule has 0 bridgehead atoms. The second kappa shape index (κ2) is 9.80. The normalized spacial score (nSPS) is 35.6. The van der Waals surface area contributed by atoms with E-state index in [0.29, 0.717) is 5.92 Å². The zero-order chi connectivity index (χ0) is 20.2. The average molecular weight is 397 g/mol. The van der Waals surface area contributed by atoms with Crippen LogP contribution in [0.25, 0.3) is 0 Å². The van der Waals surface area contributed by atoms with Gasteiger partial charge in [-0.15, -0.1) is 0 Å². The van der Waals surface area contributed by atoms with Crippen molar-refractivity contribution in [3.8, 4) is 0 Å². The maximum Gasteiger partial charge on any atom is 0.126 e. The first kappa shape index (κ1) is 21.1. The first-order valence-corrected chi connectivity index (χ1v) is 12.5. The zero-order valence-corrected chi connectivity index (χ0v) is 18.7.